The molecule has 34 heavy (non-hydrogen) atoms. The highest BCUT2D eigenvalue weighted by molar-refractivity contribution is 7.99. The first-order valence-electron chi connectivity index (χ1n) is 12.2. The molecule has 3 rings (SSSR count). The summed E-state index contributed by atoms with van der Waals surface area (Å²) in [7, 11) is 0. The summed E-state index contributed by atoms with van der Waals surface area (Å²) in [5.74, 6) is 0.803. The highest BCUT2D eigenvalue weighted by Gasteiger charge is 2.30. The molecule has 0 radical (unpaired) electrons. The Labute approximate surface area is 217 Å². The molecular weight excluding hydrogens is 487 g/mol. The number of thioether (sulfide) groups is 1. The van der Waals surface area contributed by atoms with Crippen LogP contribution < -0.4 is 5.32 Å². The number of carbonyl (C=O) groups is 2. The second kappa shape index (κ2) is 14.0. The molecule has 0 bridgehead atoms. The SMILES string of the molecule is CC[C@@H](C(=O)NC1CCCCC1)N(Cc1ccc(Cl)cc1)C(=O)CCCSc1ccc(Cl)cc1. The first-order valence-corrected chi connectivity index (χ1v) is 13.9. The van der Waals surface area contributed by atoms with Crippen molar-refractivity contribution in [2.45, 2.75) is 81.8 Å². The van der Waals surface area contributed by atoms with Crippen molar-refractivity contribution in [1.82, 2.24) is 10.2 Å². The van der Waals surface area contributed by atoms with E-state index in [0.29, 0.717) is 24.4 Å². The number of nitrogens with one attached hydrogen (secondary N) is 1. The summed E-state index contributed by atoms with van der Waals surface area (Å²) in [6.07, 6.45) is 7.31. The smallest absolute Gasteiger partial charge is 0.243 e. The molecule has 1 saturated carbocycles. The van der Waals surface area contributed by atoms with Crippen LogP contribution in [0.3, 0.4) is 0 Å². The number of carbonyl (C=O) groups excluding carboxylic acids is 2. The molecule has 0 unspecified atom stereocenters. The second-order valence-corrected chi connectivity index (χ2v) is 10.9. The summed E-state index contributed by atoms with van der Waals surface area (Å²) >= 11 is 13.7. The highest BCUT2D eigenvalue weighted by Crippen LogP contribution is 2.23. The minimum atomic E-state index is -0.478. The van der Waals surface area contributed by atoms with Gasteiger partial charge in [-0.2, -0.15) is 0 Å². The summed E-state index contributed by atoms with van der Waals surface area (Å²) in [5, 5.41) is 4.60. The molecule has 0 saturated heterocycles. The molecule has 0 spiro atoms. The Morgan fingerprint density at radius 3 is 2.24 bits per heavy atom. The summed E-state index contributed by atoms with van der Waals surface area (Å²) < 4.78 is 0. The lowest BCUT2D eigenvalue weighted by atomic mass is 9.95. The van der Waals surface area contributed by atoms with Crippen LogP contribution in [-0.4, -0.2) is 34.6 Å². The van der Waals surface area contributed by atoms with Crippen molar-refractivity contribution in [3.8, 4) is 0 Å². The van der Waals surface area contributed by atoms with Crippen molar-refractivity contribution < 1.29 is 9.59 Å². The number of halogens is 2. The summed E-state index contributed by atoms with van der Waals surface area (Å²) in [5.41, 5.74) is 0.970. The molecular formula is C27H34Cl2N2O2S. The van der Waals surface area contributed by atoms with Crippen LogP contribution in [0.25, 0.3) is 0 Å². The molecule has 4 nitrogen and oxygen atoms in total. The standard InChI is InChI=1S/C27H34Cl2N2O2S/c1-2-25(27(33)30-23-7-4-3-5-8-23)31(19-20-10-12-21(28)13-11-20)26(32)9-6-18-34-24-16-14-22(29)15-17-24/h10-17,23,25H,2-9,18-19H2,1H3,(H,30,33)/t25-/m0/s1. The van der Waals surface area contributed by atoms with Crippen LogP contribution in [0, 0.1) is 0 Å². The first kappa shape index (κ1) is 26.9. The van der Waals surface area contributed by atoms with Crippen LogP contribution in [0.1, 0.15) is 63.9 Å². The monoisotopic (exact) mass is 520 g/mol. The van der Waals surface area contributed by atoms with Gasteiger partial charge in [0.15, 0.2) is 0 Å². The quantitative estimate of drug-likeness (QED) is 0.253. The number of hydrogen-bond donors (Lipinski definition) is 1. The van der Waals surface area contributed by atoms with Crippen molar-refractivity contribution in [3.63, 3.8) is 0 Å². The lowest BCUT2D eigenvalue weighted by molar-refractivity contribution is -0.141. The van der Waals surface area contributed by atoms with E-state index in [0.717, 1.165) is 53.3 Å². The molecule has 2 amide bonds. The Morgan fingerprint density at radius 2 is 1.62 bits per heavy atom. The van der Waals surface area contributed by atoms with E-state index in [2.05, 4.69) is 5.32 Å². The normalized spacial score (nSPS) is 15.0. The maximum atomic E-state index is 13.4. The third-order valence-electron chi connectivity index (χ3n) is 6.22. The van der Waals surface area contributed by atoms with Gasteiger partial charge in [-0.3, -0.25) is 9.59 Å². The molecule has 184 valence electrons. The predicted molar refractivity (Wildman–Crippen MR) is 143 cm³/mol. The largest absolute Gasteiger partial charge is 0.352 e. The lowest BCUT2D eigenvalue weighted by Crippen LogP contribution is -2.51. The molecule has 0 aliphatic heterocycles. The van der Waals surface area contributed by atoms with Gasteiger partial charge in [0.1, 0.15) is 6.04 Å². The van der Waals surface area contributed by atoms with Crippen LogP contribution in [0.15, 0.2) is 53.4 Å². The van der Waals surface area contributed by atoms with E-state index in [1.165, 1.54) is 6.42 Å². The van der Waals surface area contributed by atoms with E-state index in [-0.39, 0.29) is 17.9 Å². The van der Waals surface area contributed by atoms with Crippen molar-refractivity contribution in [2.75, 3.05) is 5.75 Å². The lowest BCUT2D eigenvalue weighted by Gasteiger charge is -2.33. The van der Waals surface area contributed by atoms with Crippen LogP contribution in [0.4, 0.5) is 0 Å². The molecule has 0 aromatic heterocycles. The number of benzene rings is 2. The third kappa shape index (κ3) is 8.51. The average Bonchev–Trinajstić information content (AvgIpc) is 2.84. The maximum absolute atomic E-state index is 13.4. The summed E-state index contributed by atoms with van der Waals surface area (Å²) in [4.78, 5) is 29.5. The molecule has 0 heterocycles. The molecule has 2 aromatic carbocycles. The zero-order chi connectivity index (χ0) is 24.3. The van der Waals surface area contributed by atoms with Gasteiger partial charge in [0.25, 0.3) is 0 Å². The fraction of sp³-hybridized carbons (Fsp3) is 0.481. The van der Waals surface area contributed by atoms with E-state index in [4.69, 9.17) is 23.2 Å². The Morgan fingerprint density at radius 1 is 1.00 bits per heavy atom. The van der Waals surface area contributed by atoms with Crippen LogP contribution in [0.5, 0.6) is 0 Å². The summed E-state index contributed by atoms with van der Waals surface area (Å²) in [6.45, 7) is 2.38. The topological polar surface area (TPSA) is 49.4 Å². The maximum Gasteiger partial charge on any atom is 0.243 e. The van der Waals surface area contributed by atoms with Crippen molar-refractivity contribution in [1.29, 1.82) is 0 Å². The molecule has 7 heteroatoms. The third-order valence-corrected chi connectivity index (χ3v) is 7.82. The van der Waals surface area contributed by atoms with Crippen molar-refractivity contribution in [2.24, 2.45) is 0 Å². The Balaban J connectivity index is 1.63. The van der Waals surface area contributed by atoms with Crippen molar-refractivity contribution in [3.05, 3.63) is 64.1 Å². The van der Waals surface area contributed by atoms with Crippen LogP contribution >= 0.6 is 35.0 Å². The van der Waals surface area contributed by atoms with E-state index in [9.17, 15) is 9.59 Å². The zero-order valence-corrected chi connectivity index (χ0v) is 22.1. The van der Waals surface area contributed by atoms with Gasteiger partial charge in [-0.15, -0.1) is 11.8 Å². The second-order valence-electron chi connectivity index (χ2n) is 8.82. The minimum Gasteiger partial charge on any atom is -0.352 e. The van der Waals surface area contributed by atoms with Crippen molar-refractivity contribution >= 4 is 46.8 Å². The van der Waals surface area contributed by atoms with Gasteiger partial charge in [0, 0.05) is 33.9 Å². The molecule has 1 N–H and O–H groups in total. The van der Waals surface area contributed by atoms with Gasteiger partial charge >= 0.3 is 0 Å². The van der Waals surface area contributed by atoms with Gasteiger partial charge in [-0.1, -0.05) is 61.5 Å². The number of rotatable bonds is 11. The fourth-order valence-corrected chi connectivity index (χ4v) is 5.44. The van der Waals surface area contributed by atoms with Crippen LogP contribution in [-0.2, 0) is 16.1 Å². The average molecular weight is 522 g/mol. The number of nitrogens with zero attached hydrogens (tertiary/aromatic N) is 1. The van der Waals surface area contributed by atoms with Gasteiger partial charge in [-0.25, -0.2) is 0 Å². The van der Waals surface area contributed by atoms with Gasteiger partial charge in [0.05, 0.1) is 0 Å². The van der Waals surface area contributed by atoms with Gasteiger partial charge in [-0.05, 0) is 73.4 Å². The Hall–Kier alpha value is -1.69. The zero-order valence-electron chi connectivity index (χ0n) is 19.8. The molecule has 1 atom stereocenters. The number of amides is 2. The predicted octanol–water partition coefficient (Wildman–Crippen LogP) is 7.12. The Bertz CT molecular complexity index is 915. The Kier molecular flexibility index (Phi) is 11.1. The molecule has 2 aromatic rings. The first-order chi connectivity index (χ1) is 16.5. The van der Waals surface area contributed by atoms with Gasteiger partial charge in [0.2, 0.25) is 11.8 Å². The summed E-state index contributed by atoms with van der Waals surface area (Å²) in [6, 6.07) is 15.0. The van der Waals surface area contributed by atoms with E-state index < -0.39 is 6.04 Å². The highest BCUT2D eigenvalue weighted by atomic mass is 35.5. The fourth-order valence-electron chi connectivity index (χ4n) is 4.34. The van der Waals surface area contributed by atoms with E-state index >= 15 is 0 Å². The molecule has 1 aliphatic rings. The van der Waals surface area contributed by atoms with E-state index in [1.54, 1.807) is 16.7 Å². The van der Waals surface area contributed by atoms with Crippen LogP contribution in [0.2, 0.25) is 10.0 Å². The molecule has 1 fully saturated rings. The van der Waals surface area contributed by atoms with E-state index in [1.807, 2.05) is 55.5 Å². The molecule has 1 aliphatic carbocycles. The number of hydrogen-bond acceptors (Lipinski definition) is 3. The minimum absolute atomic E-state index is 0.0114. The van der Waals surface area contributed by atoms with Gasteiger partial charge < -0.3 is 10.2 Å².